The van der Waals surface area contributed by atoms with Crippen LogP contribution < -0.4 is 15.0 Å². The lowest BCUT2D eigenvalue weighted by atomic mass is 9.72. The maximum atomic E-state index is 12.6. The molecule has 1 spiro atoms. The zero-order valence-electron chi connectivity index (χ0n) is 19.6. The van der Waals surface area contributed by atoms with Crippen LogP contribution in [0.3, 0.4) is 0 Å². The average Bonchev–Trinajstić information content (AvgIpc) is 2.80. The Balaban J connectivity index is 1.06. The van der Waals surface area contributed by atoms with Crippen LogP contribution in [0.1, 0.15) is 23.7 Å². The number of rotatable bonds is 7. The number of nitrogens with zero attached hydrogens (tertiary/aromatic N) is 5. The average molecular weight is 499 g/mol. The minimum absolute atomic E-state index is 0.0338. The van der Waals surface area contributed by atoms with Gasteiger partial charge in [0.1, 0.15) is 18.1 Å². The first kappa shape index (κ1) is 23.8. The molecule has 1 N–H and O–H groups in total. The van der Waals surface area contributed by atoms with Gasteiger partial charge >= 0.3 is 6.18 Å². The van der Waals surface area contributed by atoms with E-state index in [0.29, 0.717) is 17.9 Å². The lowest BCUT2D eigenvalue weighted by molar-refractivity contribution is -0.142. The van der Waals surface area contributed by atoms with E-state index in [2.05, 4.69) is 49.7 Å². The molecule has 1 amide bonds. The van der Waals surface area contributed by atoms with Crippen LogP contribution in [0.2, 0.25) is 0 Å². The Labute approximate surface area is 206 Å². The van der Waals surface area contributed by atoms with Crippen LogP contribution >= 0.6 is 0 Å². The normalized spacial score (nSPS) is 16.3. The van der Waals surface area contributed by atoms with Gasteiger partial charge in [0, 0.05) is 68.6 Å². The van der Waals surface area contributed by atoms with Gasteiger partial charge in [0.2, 0.25) is 11.8 Å². The molecule has 2 aliphatic rings. The van der Waals surface area contributed by atoms with Gasteiger partial charge in [0.25, 0.3) is 0 Å². The lowest BCUT2D eigenvalue weighted by Crippen LogP contribution is -2.72. The van der Waals surface area contributed by atoms with Crippen LogP contribution in [0.5, 0.6) is 5.88 Å². The number of likely N-dealkylation sites (tertiary alicyclic amines) is 1. The Bertz CT molecular complexity index is 1200. The highest BCUT2D eigenvalue weighted by Gasteiger charge is 2.52. The number of carbonyl (C=O) groups is 1. The van der Waals surface area contributed by atoms with Crippen molar-refractivity contribution in [2.45, 2.75) is 26.3 Å². The van der Waals surface area contributed by atoms with Crippen molar-refractivity contribution in [1.29, 1.82) is 0 Å². The molecule has 0 atom stereocenters. The summed E-state index contributed by atoms with van der Waals surface area (Å²) in [6.07, 6.45) is -3.34. The molecule has 0 radical (unpaired) electrons. The quantitative estimate of drug-likeness (QED) is 0.531. The zero-order valence-corrected chi connectivity index (χ0v) is 19.6. The molecule has 4 heterocycles. The van der Waals surface area contributed by atoms with E-state index in [9.17, 15) is 18.0 Å². The van der Waals surface area contributed by atoms with Gasteiger partial charge in [-0.15, -0.1) is 10.2 Å². The molecule has 1 aromatic carbocycles. The molecule has 2 aliphatic heterocycles. The van der Waals surface area contributed by atoms with E-state index in [4.69, 9.17) is 4.74 Å². The number of amides is 1. The Kier molecular flexibility index (Phi) is 6.15. The highest BCUT2D eigenvalue weighted by atomic mass is 19.4. The standard InChI is InChI=1S/C25H25F3N6O2/c1-17(35)33-13-24(14-33)15-34(16-24)20-5-2-18(3-6-20)10-30-22-8-9-23(32-31-22)36-12-19-4-7-21(29-11-19)25(26,27)28/h2-9,11H,10,12-16H2,1H3,(H,30,31). The summed E-state index contributed by atoms with van der Waals surface area (Å²) in [7, 11) is 0. The molecule has 0 aliphatic carbocycles. The van der Waals surface area contributed by atoms with E-state index in [1.165, 1.54) is 11.8 Å². The molecular weight excluding hydrogens is 473 g/mol. The monoisotopic (exact) mass is 498 g/mol. The number of pyridine rings is 1. The fourth-order valence-corrected chi connectivity index (χ4v) is 4.48. The van der Waals surface area contributed by atoms with Crippen molar-refractivity contribution >= 4 is 17.4 Å². The molecular formula is C25H25F3N6O2. The predicted octanol–water partition coefficient (Wildman–Crippen LogP) is 3.75. The van der Waals surface area contributed by atoms with Crippen LogP contribution in [0.4, 0.5) is 24.7 Å². The van der Waals surface area contributed by atoms with Gasteiger partial charge in [-0.2, -0.15) is 13.2 Å². The number of anilines is 2. The number of ether oxygens (including phenoxy) is 1. The Morgan fingerprint density at radius 1 is 1.00 bits per heavy atom. The molecule has 11 heteroatoms. The number of hydrogen-bond acceptors (Lipinski definition) is 7. The summed E-state index contributed by atoms with van der Waals surface area (Å²) >= 11 is 0. The Morgan fingerprint density at radius 2 is 1.72 bits per heavy atom. The highest BCUT2D eigenvalue weighted by molar-refractivity contribution is 5.74. The summed E-state index contributed by atoms with van der Waals surface area (Å²) in [6, 6.07) is 13.9. The Morgan fingerprint density at radius 3 is 2.31 bits per heavy atom. The summed E-state index contributed by atoms with van der Waals surface area (Å²) in [5.74, 6) is 0.987. The second-order valence-corrected chi connectivity index (χ2v) is 9.35. The largest absolute Gasteiger partial charge is 0.472 e. The van der Waals surface area contributed by atoms with Gasteiger partial charge in [-0.3, -0.25) is 9.78 Å². The third kappa shape index (κ3) is 5.19. The molecule has 0 unspecified atom stereocenters. The van der Waals surface area contributed by atoms with Crippen molar-refractivity contribution in [3.63, 3.8) is 0 Å². The molecule has 188 valence electrons. The van der Waals surface area contributed by atoms with Crippen molar-refractivity contribution in [2.24, 2.45) is 5.41 Å². The fourth-order valence-electron chi connectivity index (χ4n) is 4.48. The first-order chi connectivity index (χ1) is 17.2. The molecule has 2 aromatic heterocycles. The highest BCUT2D eigenvalue weighted by Crippen LogP contribution is 2.41. The number of hydrogen-bond donors (Lipinski definition) is 1. The molecule has 0 bridgehead atoms. The van der Waals surface area contributed by atoms with Gasteiger partial charge in [0.15, 0.2) is 0 Å². The van der Waals surface area contributed by atoms with Crippen LogP contribution in [0.15, 0.2) is 54.7 Å². The summed E-state index contributed by atoms with van der Waals surface area (Å²) in [6.45, 7) is 5.90. The maximum absolute atomic E-state index is 12.6. The number of carbonyl (C=O) groups excluding carboxylic acids is 1. The zero-order chi connectivity index (χ0) is 25.3. The minimum Gasteiger partial charge on any atom is -0.472 e. The smallest absolute Gasteiger partial charge is 0.433 e. The summed E-state index contributed by atoms with van der Waals surface area (Å²) in [4.78, 5) is 19.0. The van der Waals surface area contributed by atoms with Crippen molar-refractivity contribution in [1.82, 2.24) is 20.1 Å². The van der Waals surface area contributed by atoms with Crippen LogP contribution in [0, 0.1) is 5.41 Å². The van der Waals surface area contributed by atoms with Gasteiger partial charge < -0.3 is 19.9 Å². The van der Waals surface area contributed by atoms with Gasteiger partial charge in [-0.1, -0.05) is 18.2 Å². The van der Waals surface area contributed by atoms with Crippen molar-refractivity contribution < 1.29 is 22.7 Å². The number of nitrogens with one attached hydrogen (secondary N) is 1. The van der Waals surface area contributed by atoms with Crippen molar-refractivity contribution in [2.75, 3.05) is 36.4 Å². The second-order valence-electron chi connectivity index (χ2n) is 9.35. The number of benzene rings is 1. The van der Waals surface area contributed by atoms with Crippen molar-refractivity contribution in [3.8, 4) is 5.88 Å². The van der Waals surface area contributed by atoms with E-state index in [1.54, 1.807) is 19.1 Å². The molecule has 0 saturated carbocycles. The fraction of sp³-hybridized carbons (Fsp3) is 0.360. The summed E-state index contributed by atoms with van der Waals surface area (Å²) < 4.78 is 43.2. The number of aromatic nitrogens is 3. The molecule has 5 rings (SSSR count). The minimum atomic E-state index is -4.47. The number of alkyl halides is 3. The first-order valence-corrected chi connectivity index (χ1v) is 11.5. The first-order valence-electron chi connectivity index (χ1n) is 11.5. The molecule has 2 saturated heterocycles. The molecule has 3 aromatic rings. The SMILES string of the molecule is CC(=O)N1CC2(C1)CN(c1ccc(CNc3ccc(OCc4ccc(C(F)(F)F)nc4)nn3)cc1)C2. The molecule has 2 fully saturated rings. The summed E-state index contributed by atoms with van der Waals surface area (Å²) in [5.41, 5.74) is 2.10. The third-order valence-electron chi connectivity index (χ3n) is 6.47. The van der Waals surface area contributed by atoms with E-state index < -0.39 is 11.9 Å². The molecule has 8 nitrogen and oxygen atoms in total. The van der Waals surface area contributed by atoms with Crippen molar-refractivity contribution in [3.05, 3.63) is 71.5 Å². The van der Waals surface area contributed by atoms with E-state index in [0.717, 1.165) is 44.0 Å². The Hall–Kier alpha value is -3.89. The van der Waals surface area contributed by atoms with Gasteiger partial charge in [-0.25, -0.2) is 0 Å². The predicted molar refractivity (Wildman–Crippen MR) is 126 cm³/mol. The van der Waals surface area contributed by atoms with Crippen LogP contribution in [-0.2, 0) is 24.1 Å². The maximum Gasteiger partial charge on any atom is 0.433 e. The van der Waals surface area contributed by atoms with Crippen LogP contribution in [0.25, 0.3) is 0 Å². The van der Waals surface area contributed by atoms with Gasteiger partial charge in [0.05, 0.1) is 0 Å². The number of halogens is 3. The van der Waals surface area contributed by atoms with Gasteiger partial charge in [-0.05, 0) is 29.8 Å². The van der Waals surface area contributed by atoms with E-state index in [-0.39, 0.29) is 23.8 Å². The second kappa shape index (κ2) is 9.29. The van der Waals surface area contributed by atoms with E-state index in [1.807, 2.05) is 4.90 Å². The third-order valence-corrected chi connectivity index (χ3v) is 6.47. The lowest BCUT2D eigenvalue weighted by Gasteiger charge is -2.60. The summed E-state index contributed by atoms with van der Waals surface area (Å²) in [5, 5.41) is 11.3. The van der Waals surface area contributed by atoms with Crippen LogP contribution in [-0.4, -0.2) is 52.2 Å². The van der Waals surface area contributed by atoms with E-state index >= 15 is 0 Å². The molecule has 36 heavy (non-hydrogen) atoms. The topological polar surface area (TPSA) is 83.5 Å².